The van der Waals surface area contributed by atoms with Gasteiger partial charge in [0.15, 0.2) is 5.15 Å². The van der Waals surface area contributed by atoms with Gasteiger partial charge in [0, 0.05) is 18.8 Å². The van der Waals surface area contributed by atoms with Gasteiger partial charge < -0.3 is 5.32 Å². The van der Waals surface area contributed by atoms with Gasteiger partial charge in [0.2, 0.25) is 0 Å². The molecule has 5 rings (SSSR count). The second-order valence-corrected chi connectivity index (χ2v) is 7.09. The van der Waals surface area contributed by atoms with Gasteiger partial charge in [-0.2, -0.15) is 10.2 Å². The summed E-state index contributed by atoms with van der Waals surface area (Å²) in [6.07, 6.45) is 3.39. The Kier molecular flexibility index (Phi) is 3.95. The number of rotatable bonds is 2. The minimum absolute atomic E-state index is 0.278. The maximum atomic E-state index is 14.6. The molecule has 144 valence electrons. The van der Waals surface area contributed by atoms with Crippen molar-refractivity contribution in [3.63, 3.8) is 0 Å². The molecule has 0 amide bonds. The number of benzene rings is 1. The number of pyridine rings is 1. The number of fused-ring (bicyclic) bond motifs is 3. The summed E-state index contributed by atoms with van der Waals surface area (Å²) in [6, 6.07) is 8.66. The summed E-state index contributed by atoms with van der Waals surface area (Å²) in [6.45, 7) is 1.83. The summed E-state index contributed by atoms with van der Waals surface area (Å²) in [5, 5.41) is 14.8. The van der Waals surface area contributed by atoms with E-state index >= 15 is 0 Å². The molecule has 4 heterocycles. The van der Waals surface area contributed by atoms with Gasteiger partial charge in [0.1, 0.15) is 23.0 Å². The van der Waals surface area contributed by atoms with Crippen LogP contribution in [0.3, 0.4) is 0 Å². The van der Waals surface area contributed by atoms with E-state index in [0.29, 0.717) is 28.5 Å². The Bertz CT molecular complexity index is 1270. The Morgan fingerprint density at radius 3 is 2.83 bits per heavy atom. The Morgan fingerprint density at radius 1 is 1.21 bits per heavy atom. The number of anilines is 1. The van der Waals surface area contributed by atoms with E-state index in [0.717, 1.165) is 22.5 Å². The van der Waals surface area contributed by atoms with Crippen LogP contribution in [-0.4, -0.2) is 30.8 Å². The van der Waals surface area contributed by atoms with Crippen molar-refractivity contribution in [2.45, 2.75) is 6.92 Å². The molecule has 9 heteroatoms. The molecule has 0 saturated heterocycles. The van der Waals surface area contributed by atoms with Crippen LogP contribution in [0.5, 0.6) is 0 Å². The maximum Gasteiger partial charge on any atom is 0.150 e. The van der Waals surface area contributed by atoms with E-state index in [-0.39, 0.29) is 11.0 Å². The lowest BCUT2D eigenvalue weighted by atomic mass is 10.1. The number of H-pyrrole nitrogens is 1. The SMILES string of the molecule is Cc1cccc(F)c1C1=Nc2c(n[nH]c2Cl)-c2cc(-c3ccnn3C)ncc2N1. The van der Waals surface area contributed by atoms with Crippen LogP contribution in [0.2, 0.25) is 5.15 Å². The van der Waals surface area contributed by atoms with Crippen LogP contribution >= 0.6 is 11.6 Å². The molecular weight excluding hydrogens is 393 g/mol. The first kappa shape index (κ1) is 17.6. The van der Waals surface area contributed by atoms with E-state index in [1.165, 1.54) is 6.07 Å². The number of aromatic amines is 1. The van der Waals surface area contributed by atoms with Gasteiger partial charge in [0.05, 0.1) is 28.8 Å². The zero-order valence-electron chi connectivity index (χ0n) is 15.5. The van der Waals surface area contributed by atoms with Gasteiger partial charge in [0.25, 0.3) is 0 Å². The molecule has 0 saturated carbocycles. The Hall–Kier alpha value is -3.52. The Morgan fingerprint density at radius 2 is 2.07 bits per heavy atom. The van der Waals surface area contributed by atoms with Crippen molar-refractivity contribution in [1.29, 1.82) is 0 Å². The van der Waals surface area contributed by atoms with Gasteiger partial charge >= 0.3 is 0 Å². The van der Waals surface area contributed by atoms with Crippen molar-refractivity contribution < 1.29 is 4.39 Å². The lowest BCUT2D eigenvalue weighted by molar-refractivity contribution is 0.624. The summed E-state index contributed by atoms with van der Waals surface area (Å²) in [5.41, 5.74) is 5.11. The molecule has 4 aromatic rings. The van der Waals surface area contributed by atoms with Crippen molar-refractivity contribution in [2.75, 3.05) is 5.32 Å². The minimum Gasteiger partial charge on any atom is -0.338 e. The highest BCUT2D eigenvalue weighted by molar-refractivity contribution is 6.33. The third kappa shape index (κ3) is 2.80. The lowest BCUT2D eigenvalue weighted by Crippen LogP contribution is -2.16. The smallest absolute Gasteiger partial charge is 0.150 e. The standard InChI is InChI=1S/C20H15ClFN7/c1-10-4-3-5-12(22)16(10)20-25-14-9-23-13(15-6-7-24-29(15)2)8-11(14)17-18(26-20)19(21)28-27-17/h3-9H,1-2H3,(H,25,26)(H,27,28). The third-order valence-electron chi connectivity index (χ3n) is 4.88. The number of hydrogen-bond acceptors (Lipinski definition) is 5. The number of nitrogens with one attached hydrogen (secondary N) is 2. The largest absolute Gasteiger partial charge is 0.338 e. The zero-order valence-corrected chi connectivity index (χ0v) is 16.3. The van der Waals surface area contributed by atoms with Crippen LogP contribution < -0.4 is 5.32 Å². The molecule has 0 radical (unpaired) electrons. The average molecular weight is 408 g/mol. The third-order valence-corrected chi connectivity index (χ3v) is 5.14. The van der Waals surface area contributed by atoms with Crippen LogP contribution in [-0.2, 0) is 7.05 Å². The number of aliphatic imine (C=N–C) groups is 1. The van der Waals surface area contributed by atoms with Gasteiger partial charge in [-0.1, -0.05) is 23.7 Å². The summed E-state index contributed by atoms with van der Waals surface area (Å²) >= 11 is 6.32. The average Bonchev–Trinajstić information content (AvgIpc) is 3.23. The Balaban J connectivity index is 1.73. The van der Waals surface area contributed by atoms with E-state index in [4.69, 9.17) is 11.6 Å². The molecule has 1 aliphatic heterocycles. The molecule has 0 unspecified atom stereocenters. The highest BCUT2D eigenvalue weighted by atomic mass is 35.5. The van der Waals surface area contributed by atoms with Crippen LogP contribution in [0.4, 0.5) is 15.8 Å². The molecule has 0 bridgehead atoms. The van der Waals surface area contributed by atoms with E-state index < -0.39 is 0 Å². The molecule has 0 atom stereocenters. The summed E-state index contributed by atoms with van der Waals surface area (Å²) in [7, 11) is 1.85. The molecule has 0 spiro atoms. The first-order valence-electron chi connectivity index (χ1n) is 8.87. The fraction of sp³-hybridized carbons (Fsp3) is 0.100. The monoisotopic (exact) mass is 407 g/mol. The number of halogens is 2. The molecule has 1 aromatic carbocycles. The molecule has 2 N–H and O–H groups in total. The molecule has 29 heavy (non-hydrogen) atoms. The van der Waals surface area contributed by atoms with Gasteiger partial charge in [-0.3, -0.25) is 14.8 Å². The van der Waals surface area contributed by atoms with Crippen LogP contribution in [0, 0.1) is 12.7 Å². The molecular formula is C20H15ClFN7. The van der Waals surface area contributed by atoms with Crippen molar-refractivity contribution in [2.24, 2.45) is 12.0 Å². The quantitative estimate of drug-likeness (QED) is 0.513. The van der Waals surface area contributed by atoms with E-state index in [9.17, 15) is 4.39 Å². The first-order chi connectivity index (χ1) is 14.0. The van der Waals surface area contributed by atoms with Gasteiger partial charge in [-0.05, 0) is 30.7 Å². The van der Waals surface area contributed by atoms with E-state index in [1.807, 2.05) is 32.2 Å². The highest BCUT2D eigenvalue weighted by Gasteiger charge is 2.25. The number of aromatic nitrogens is 5. The van der Waals surface area contributed by atoms with Crippen LogP contribution in [0.1, 0.15) is 11.1 Å². The van der Waals surface area contributed by atoms with Crippen molar-refractivity contribution >= 4 is 28.8 Å². The summed E-state index contributed by atoms with van der Waals surface area (Å²) < 4.78 is 16.4. The number of nitrogens with zero attached hydrogens (tertiary/aromatic N) is 5. The number of aryl methyl sites for hydroxylation is 2. The van der Waals surface area contributed by atoms with Gasteiger partial charge in [-0.25, -0.2) is 9.38 Å². The van der Waals surface area contributed by atoms with Crippen LogP contribution in [0.15, 0.2) is 47.7 Å². The zero-order chi connectivity index (χ0) is 20.1. The Labute approximate surface area is 170 Å². The second-order valence-electron chi connectivity index (χ2n) is 6.71. The molecule has 1 aliphatic rings. The maximum absolute atomic E-state index is 14.6. The number of hydrogen-bond donors (Lipinski definition) is 2. The van der Waals surface area contributed by atoms with Crippen molar-refractivity contribution in [1.82, 2.24) is 25.0 Å². The normalized spacial score (nSPS) is 12.6. The van der Waals surface area contributed by atoms with E-state index in [1.54, 1.807) is 23.1 Å². The first-order valence-corrected chi connectivity index (χ1v) is 9.24. The minimum atomic E-state index is -0.375. The predicted molar refractivity (Wildman–Crippen MR) is 110 cm³/mol. The fourth-order valence-electron chi connectivity index (χ4n) is 3.44. The molecule has 7 nitrogen and oxygen atoms in total. The van der Waals surface area contributed by atoms with Crippen LogP contribution in [0.25, 0.3) is 22.6 Å². The van der Waals surface area contributed by atoms with Crippen molar-refractivity contribution in [3.05, 3.63) is 64.8 Å². The topological polar surface area (TPSA) is 83.8 Å². The second kappa shape index (κ2) is 6.52. The van der Waals surface area contributed by atoms with Crippen molar-refractivity contribution in [3.8, 4) is 22.6 Å². The van der Waals surface area contributed by atoms with Gasteiger partial charge in [-0.15, -0.1) is 0 Å². The molecule has 3 aromatic heterocycles. The number of amidine groups is 1. The highest BCUT2D eigenvalue weighted by Crippen LogP contribution is 2.41. The molecule has 0 aliphatic carbocycles. The summed E-state index contributed by atoms with van der Waals surface area (Å²) in [5.74, 6) is -0.0284. The fourth-order valence-corrected chi connectivity index (χ4v) is 3.61. The predicted octanol–water partition coefficient (Wildman–Crippen LogP) is 4.48. The molecule has 0 fully saturated rings. The van der Waals surface area contributed by atoms with E-state index in [2.05, 4.69) is 30.6 Å². The summed E-state index contributed by atoms with van der Waals surface area (Å²) in [4.78, 5) is 9.16. The lowest BCUT2D eigenvalue weighted by Gasteiger charge is -2.13.